The van der Waals surface area contributed by atoms with Gasteiger partial charge in [0.2, 0.25) is 0 Å². The average molecular weight is 266 g/mol. The Labute approximate surface area is 121 Å². The maximum Gasteiger partial charge on any atom is 0.0370 e. The molecule has 0 radical (unpaired) electrons. The van der Waals surface area contributed by atoms with E-state index in [1.54, 1.807) is 0 Å². The molecule has 1 aromatic carbocycles. The highest BCUT2D eigenvalue weighted by molar-refractivity contribution is 5.34. The van der Waals surface area contributed by atoms with Gasteiger partial charge in [-0.15, -0.1) is 0 Å². The second-order valence-electron chi connectivity index (χ2n) is 5.77. The van der Waals surface area contributed by atoms with Gasteiger partial charge in [0.1, 0.15) is 0 Å². The number of nitrogens with zero attached hydrogens (tertiary/aromatic N) is 1. The summed E-state index contributed by atoms with van der Waals surface area (Å²) in [5, 5.41) is 3.66. The normalized spacial score (nSPS) is 16.1. The fourth-order valence-electron chi connectivity index (χ4n) is 3.35. The van der Waals surface area contributed by atoms with Gasteiger partial charge in [0, 0.05) is 18.4 Å². The molecular weight excluding hydrogens is 244 g/mol. The van der Waals surface area contributed by atoms with Crippen molar-refractivity contribution in [3.63, 3.8) is 0 Å². The van der Waals surface area contributed by atoms with E-state index in [4.69, 9.17) is 0 Å². The Morgan fingerprint density at radius 3 is 2.50 bits per heavy atom. The number of aryl methyl sites for hydroxylation is 1. The van der Waals surface area contributed by atoms with Crippen LogP contribution in [0, 0.1) is 12.8 Å². The van der Waals surface area contributed by atoms with E-state index in [9.17, 15) is 0 Å². The molecule has 0 fully saturated rings. The molecule has 0 saturated heterocycles. The first kappa shape index (κ1) is 13.3. The second-order valence-corrected chi connectivity index (χ2v) is 5.77. The molecule has 1 aliphatic carbocycles. The van der Waals surface area contributed by atoms with Gasteiger partial charge in [0.25, 0.3) is 0 Å². The van der Waals surface area contributed by atoms with E-state index in [-0.39, 0.29) is 0 Å². The molecule has 1 atom stereocenters. The van der Waals surface area contributed by atoms with Gasteiger partial charge < -0.3 is 5.32 Å². The molecule has 20 heavy (non-hydrogen) atoms. The van der Waals surface area contributed by atoms with Crippen LogP contribution in [0.1, 0.15) is 35.2 Å². The standard InChI is InChI=1S/C18H22N2/c1-3-20-18(17-8-13(2)11-19-12-17)16-9-14-6-4-5-7-15(14)10-16/h4-8,11-12,16,18,20H,3,9-10H2,1-2H3. The van der Waals surface area contributed by atoms with Crippen LogP contribution in [0.4, 0.5) is 0 Å². The van der Waals surface area contributed by atoms with E-state index >= 15 is 0 Å². The van der Waals surface area contributed by atoms with E-state index in [2.05, 4.69) is 54.5 Å². The van der Waals surface area contributed by atoms with Crippen LogP contribution in [-0.2, 0) is 12.8 Å². The molecule has 0 amide bonds. The van der Waals surface area contributed by atoms with Gasteiger partial charge in [-0.3, -0.25) is 4.98 Å². The third-order valence-electron chi connectivity index (χ3n) is 4.23. The Morgan fingerprint density at radius 1 is 1.20 bits per heavy atom. The molecule has 104 valence electrons. The number of fused-ring (bicyclic) bond motifs is 1. The van der Waals surface area contributed by atoms with Gasteiger partial charge in [-0.1, -0.05) is 37.3 Å². The van der Waals surface area contributed by atoms with Crippen molar-refractivity contribution in [2.45, 2.75) is 32.7 Å². The lowest BCUT2D eigenvalue weighted by Crippen LogP contribution is -2.29. The SMILES string of the molecule is CCNC(c1cncc(C)c1)C1Cc2ccccc2C1. The van der Waals surface area contributed by atoms with E-state index in [1.165, 1.54) is 35.1 Å². The van der Waals surface area contributed by atoms with Crippen molar-refractivity contribution in [2.75, 3.05) is 6.54 Å². The number of hydrogen-bond donors (Lipinski definition) is 1. The Hall–Kier alpha value is -1.67. The van der Waals surface area contributed by atoms with Crippen molar-refractivity contribution in [3.8, 4) is 0 Å². The molecule has 2 heteroatoms. The molecule has 0 spiro atoms. The Bertz CT molecular complexity index is 566. The molecule has 0 saturated carbocycles. The quantitative estimate of drug-likeness (QED) is 0.916. The molecule has 0 bridgehead atoms. The maximum atomic E-state index is 4.37. The van der Waals surface area contributed by atoms with Gasteiger partial charge in [-0.05, 0) is 54.5 Å². The van der Waals surface area contributed by atoms with Crippen LogP contribution in [0.3, 0.4) is 0 Å². The van der Waals surface area contributed by atoms with Crippen LogP contribution >= 0.6 is 0 Å². The average Bonchev–Trinajstić information content (AvgIpc) is 2.88. The third-order valence-corrected chi connectivity index (χ3v) is 4.23. The fourth-order valence-corrected chi connectivity index (χ4v) is 3.35. The van der Waals surface area contributed by atoms with Crippen LogP contribution in [0.5, 0.6) is 0 Å². The maximum absolute atomic E-state index is 4.37. The topological polar surface area (TPSA) is 24.9 Å². The summed E-state index contributed by atoms with van der Waals surface area (Å²) < 4.78 is 0. The predicted octanol–water partition coefficient (Wildman–Crippen LogP) is 3.46. The Morgan fingerprint density at radius 2 is 1.90 bits per heavy atom. The molecular formula is C18H22N2. The number of nitrogens with one attached hydrogen (secondary N) is 1. The van der Waals surface area contributed by atoms with Crippen molar-refractivity contribution in [3.05, 3.63) is 65.0 Å². The zero-order chi connectivity index (χ0) is 13.9. The first-order chi connectivity index (χ1) is 9.78. The van der Waals surface area contributed by atoms with Crippen molar-refractivity contribution in [2.24, 2.45) is 5.92 Å². The lowest BCUT2D eigenvalue weighted by atomic mass is 9.91. The molecule has 3 rings (SSSR count). The van der Waals surface area contributed by atoms with Crippen molar-refractivity contribution >= 4 is 0 Å². The summed E-state index contributed by atoms with van der Waals surface area (Å²) in [6.45, 7) is 5.28. The van der Waals surface area contributed by atoms with Gasteiger partial charge in [0.15, 0.2) is 0 Å². The van der Waals surface area contributed by atoms with Crippen LogP contribution in [0.2, 0.25) is 0 Å². The first-order valence-corrected chi connectivity index (χ1v) is 7.49. The number of pyridine rings is 1. The van der Waals surface area contributed by atoms with Gasteiger partial charge in [-0.25, -0.2) is 0 Å². The van der Waals surface area contributed by atoms with Gasteiger partial charge >= 0.3 is 0 Å². The summed E-state index contributed by atoms with van der Waals surface area (Å²) in [6, 6.07) is 11.5. The zero-order valence-corrected chi connectivity index (χ0v) is 12.3. The highest BCUT2D eigenvalue weighted by atomic mass is 14.9. The molecule has 1 aromatic heterocycles. The van der Waals surface area contributed by atoms with E-state index < -0.39 is 0 Å². The minimum atomic E-state index is 0.403. The van der Waals surface area contributed by atoms with Crippen LogP contribution in [0.15, 0.2) is 42.7 Å². The smallest absolute Gasteiger partial charge is 0.0370 e. The number of rotatable bonds is 4. The van der Waals surface area contributed by atoms with Crippen molar-refractivity contribution < 1.29 is 0 Å². The van der Waals surface area contributed by atoms with E-state index in [0.29, 0.717) is 12.0 Å². The minimum absolute atomic E-state index is 0.403. The zero-order valence-electron chi connectivity index (χ0n) is 12.3. The fraction of sp³-hybridized carbons (Fsp3) is 0.389. The summed E-state index contributed by atoms with van der Waals surface area (Å²) >= 11 is 0. The largest absolute Gasteiger partial charge is 0.310 e. The first-order valence-electron chi connectivity index (χ1n) is 7.49. The molecule has 0 aliphatic heterocycles. The minimum Gasteiger partial charge on any atom is -0.310 e. The summed E-state index contributed by atoms with van der Waals surface area (Å²) in [5.74, 6) is 0.635. The monoisotopic (exact) mass is 266 g/mol. The molecule has 1 N–H and O–H groups in total. The van der Waals surface area contributed by atoms with Gasteiger partial charge in [-0.2, -0.15) is 0 Å². The lowest BCUT2D eigenvalue weighted by molar-refractivity contribution is 0.379. The molecule has 2 aromatic rings. The summed E-state index contributed by atoms with van der Waals surface area (Å²) in [4.78, 5) is 4.37. The van der Waals surface area contributed by atoms with Crippen LogP contribution in [0.25, 0.3) is 0 Å². The number of aromatic nitrogens is 1. The summed E-state index contributed by atoms with van der Waals surface area (Å²) in [6.07, 6.45) is 6.28. The molecule has 1 aliphatic rings. The number of hydrogen-bond acceptors (Lipinski definition) is 2. The highest BCUT2D eigenvalue weighted by Gasteiger charge is 2.29. The summed E-state index contributed by atoms with van der Waals surface area (Å²) in [5.41, 5.74) is 5.59. The Kier molecular flexibility index (Phi) is 3.83. The van der Waals surface area contributed by atoms with Crippen molar-refractivity contribution in [1.29, 1.82) is 0 Å². The third kappa shape index (κ3) is 2.61. The molecule has 2 nitrogen and oxygen atoms in total. The van der Waals surface area contributed by atoms with Gasteiger partial charge in [0.05, 0.1) is 0 Å². The second kappa shape index (κ2) is 5.76. The van der Waals surface area contributed by atoms with E-state index in [0.717, 1.165) is 6.54 Å². The van der Waals surface area contributed by atoms with Crippen molar-refractivity contribution in [1.82, 2.24) is 10.3 Å². The molecule has 1 heterocycles. The number of benzene rings is 1. The van der Waals surface area contributed by atoms with Crippen LogP contribution < -0.4 is 5.32 Å². The Balaban J connectivity index is 1.86. The highest BCUT2D eigenvalue weighted by Crippen LogP contribution is 2.35. The predicted molar refractivity (Wildman–Crippen MR) is 82.7 cm³/mol. The summed E-state index contributed by atoms with van der Waals surface area (Å²) in [7, 11) is 0. The van der Waals surface area contributed by atoms with E-state index in [1.807, 2.05) is 12.4 Å². The van der Waals surface area contributed by atoms with Crippen LogP contribution in [-0.4, -0.2) is 11.5 Å². The molecule has 1 unspecified atom stereocenters. The lowest BCUT2D eigenvalue weighted by Gasteiger charge is -2.24.